The Labute approximate surface area is 99.5 Å². The van der Waals surface area contributed by atoms with E-state index in [9.17, 15) is 9.59 Å². The van der Waals surface area contributed by atoms with Crippen LogP contribution in [0.3, 0.4) is 0 Å². The summed E-state index contributed by atoms with van der Waals surface area (Å²) in [5.41, 5.74) is 4.66. The van der Waals surface area contributed by atoms with Gasteiger partial charge in [-0.3, -0.25) is 4.79 Å². The first-order valence-electron chi connectivity index (χ1n) is 5.00. The Morgan fingerprint density at radius 2 is 1.94 bits per heavy atom. The molecule has 0 aliphatic rings. The Bertz CT molecular complexity index is 434. The summed E-state index contributed by atoms with van der Waals surface area (Å²) >= 11 is 0. The molecule has 0 spiro atoms. The van der Waals surface area contributed by atoms with E-state index in [0.717, 1.165) is 0 Å². The summed E-state index contributed by atoms with van der Waals surface area (Å²) in [5, 5.41) is 0. The quantitative estimate of drug-likeness (QED) is 0.628. The van der Waals surface area contributed by atoms with Gasteiger partial charge in [-0.25, -0.2) is 4.79 Å². The topological polar surface area (TPSA) is 78.6 Å². The summed E-state index contributed by atoms with van der Waals surface area (Å²) in [6.45, 7) is 5.17. The highest BCUT2D eigenvalue weighted by Crippen LogP contribution is 2.15. The molecule has 0 aromatic heterocycles. The summed E-state index contributed by atoms with van der Waals surface area (Å²) < 4.78 is 9.83. The molecule has 2 N–H and O–H groups in total. The van der Waals surface area contributed by atoms with Crippen molar-refractivity contribution in [3.05, 3.63) is 29.8 Å². The standard InChI is InChI=1S/C12H14NO4/c1-12(2,3)17-11(15)16-9-6-4-5-8(7-9)10(13)14/h5-7H,1-3H3,(H2,13,14). The minimum atomic E-state index is -0.840. The van der Waals surface area contributed by atoms with Crippen LogP contribution in [0.15, 0.2) is 18.2 Å². The fourth-order valence-electron chi connectivity index (χ4n) is 1.02. The number of carbonyl (C=O) groups is 2. The van der Waals surface area contributed by atoms with E-state index in [-0.39, 0.29) is 11.3 Å². The van der Waals surface area contributed by atoms with Gasteiger partial charge in [-0.1, -0.05) is 0 Å². The van der Waals surface area contributed by atoms with Gasteiger partial charge in [0, 0.05) is 5.56 Å². The zero-order valence-electron chi connectivity index (χ0n) is 9.94. The van der Waals surface area contributed by atoms with Gasteiger partial charge < -0.3 is 15.2 Å². The van der Waals surface area contributed by atoms with Crippen LogP contribution in [0.25, 0.3) is 0 Å². The lowest BCUT2D eigenvalue weighted by Crippen LogP contribution is -2.26. The Kier molecular flexibility index (Phi) is 3.73. The summed E-state index contributed by atoms with van der Waals surface area (Å²) in [6, 6.07) is 6.82. The maximum atomic E-state index is 11.3. The second-order valence-corrected chi connectivity index (χ2v) is 4.39. The summed E-state index contributed by atoms with van der Waals surface area (Å²) in [5.74, 6) is -0.452. The molecule has 1 amide bonds. The number of carbonyl (C=O) groups excluding carboxylic acids is 2. The van der Waals surface area contributed by atoms with Crippen molar-refractivity contribution in [1.82, 2.24) is 0 Å². The maximum Gasteiger partial charge on any atom is 0.514 e. The van der Waals surface area contributed by atoms with Crippen molar-refractivity contribution in [2.24, 2.45) is 5.73 Å². The third-order valence-electron chi connectivity index (χ3n) is 1.64. The average molecular weight is 236 g/mol. The Morgan fingerprint density at radius 3 is 2.47 bits per heavy atom. The second kappa shape index (κ2) is 4.86. The molecule has 0 fully saturated rings. The molecule has 5 heteroatoms. The van der Waals surface area contributed by atoms with Crippen LogP contribution in [-0.4, -0.2) is 17.7 Å². The molecular weight excluding hydrogens is 222 g/mol. The van der Waals surface area contributed by atoms with Crippen LogP contribution in [0.4, 0.5) is 4.79 Å². The van der Waals surface area contributed by atoms with Gasteiger partial charge in [-0.05, 0) is 45.0 Å². The lowest BCUT2D eigenvalue weighted by Gasteiger charge is -2.18. The van der Waals surface area contributed by atoms with Crippen molar-refractivity contribution in [3.63, 3.8) is 0 Å². The molecule has 0 heterocycles. The van der Waals surface area contributed by atoms with E-state index in [4.69, 9.17) is 15.2 Å². The molecule has 91 valence electrons. The number of hydrogen-bond donors (Lipinski definition) is 1. The van der Waals surface area contributed by atoms with Gasteiger partial charge in [0.15, 0.2) is 0 Å². The van der Waals surface area contributed by atoms with E-state index >= 15 is 0 Å². The van der Waals surface area contributed by atoms with Crippen LogP contribution < -0.4 is 10.5 Å². The molecule has 0 unspecified atom stereocenters. The van der Waals surface area contributed by atoms with Gasteiger partial charge >= 0.3 is 6.16 Å². The minimum Gasteiger partial charge on any atom is -0.428 e. The third-order valence-corrected chi connectivity index (χ3v) is 1.64. The number of benzene rings is 1. The molecule has 17 heavy (non-hydrogen) atoms. The fourth-order valence-corrected chi connectivity index (χ4v) is 1.02. The smallest absolute Gasteiger partial charge is 0.428 e. The maximum absolute atomic E-state index is 11.3. The van der Waals surface area contributed by atoms with Crippen LogP contribution in [0.1, 0.15) is 31.1 Å². The SMILES string of the molecule is CC(C)(C)OC(=O)Oc1c[c]cc(C(N)=O)c1. The molecule has 1 aromatic rings. The van der Waals surface area contributed by atoms with E-state index in [1.807, 2.05) is 0 Å². The molecule has 0 saturated carbocycles. The fraction of sp³-hybridized carbons (Fsp3) is 0.333. The Hall–Kier alpha value is -2.04. The van der Waals surface area contributed by atoms with E-state index < -0.39 is 17.7 Å². The highest BCUT2D eigenvalue weighted by molar-refractivity contribution is 5.93. The lowest BCUT2D eigenvalue weighted by molar-refractivity contribution is 0.0206. The monoisotopic (exact) mass is 236 g/mol. The predicted molar refractivity (Wildman–Crippen MR) is 60.7 cm³/mol. The van der Waals surface area contributed by atoms with Crippen LogP contribution in [0.5, 0.6) is 5.75 Å². The average Bonchev–Trinajstić information content (AvgIpc) is 2.14. The summed E-state index contributed by atoms with van der Waals surface area (Å²) in [4.78, 5) is 22.2. The third kappa shape index (κ3) is 4.55. The molecule has 0 aliphatic carbocycles. The van der Waals surface area contributed by atoms with Crippen molar-refractivity contribution in [2.45, 2.75) is 26.4 Å². The number of rotatable bonds is 2. The molecular formula is C12H14NO4. The highest BCUT2D eigenvalue weighted by Gasteiger charge is 2.18. The molecule has 1 radical (unpaired) electrons. The van der Waals surface area contributed by atoms with Crippen molar-refractivity contribution in [2.75, 3.05) is 0 Å². The summed E-state index contributed by atoms with van der Waals surface area (Å²) in [6.07, 6.45) is -0.840. The van der Waals surface area contributed by atoms with Crippen molar-refractivity contribution in [1.29, 1.82) is 0 Å². The molecule has 0 atom stereocenters. The number of amides is 1. The van der Waals surface area contributed by atoms with Crippen molar-refractivity contribution in [3.8, 4) is 5.75 Å². The first kappa shape index (κ1) is 13.0. The molecule has 0 aliphatic heterocycles. The van der Waals surface area contributed by atoms with Gasteiger partial charge in [0.2, 0.25) is 5.91 Å². The molecule has 5 nitrogen and oxygen atoms in total. The lowest BCUT2D eigenvalue weighted by atomic mass is 10.2. The van der Waals surface area contributed by atoms with E-state index in [1.165, 1.54) is 18.2 Å². The van der Waals surface area contributed by atoms with Gasteiger partial charge in [0.25, 0.3) is 0 Å². The van der Waals surface area contributed by atoms with Crippen LogP contribution >= 0.6 is 0 Å². The zero-order chi connectivity index (χ0) is 13.1. The molecule has 0 bridgehead atoms. The van der Waals surface area contributed by atoms with E-state index in [2.05, 4.69) is 6.07 Å². The zero-order valence-corrected chi connectivity index (χ0v) is 9.94. The van der Waals surface area contributed by atoms with Crippen LogP contribution in [-0.2, 0) is 4.74 Å². The van der Waals surface area contributed by atoms with Crippen molar-refractivity contribution < 1.29 is 19.1 Å². The van der Waals surface area contributed by atoms with Gasteiger partial charge in [-0.15, -0.1) is 0 Å². The van der Waals surface area contributed by atoms with Crippen LogP contribution in [0, 0.1) is 6.07 Å². The number of nitrogens with two attached hydrogens (primary N) is 1. The normalized spacial score (nSPS) is 10.8. The first-order valence-corrected chi connectivity index (χ1v) is 5.00. The molecule has 0 saturated heterocycles. The second-order valence-electron chi connectivity index (χ2n) is 4.39. The predicted octanol–water partition coefficient (Wildman–Crippen LogP) is 1.90. The highest BCUT2D eigenvalue weighted by atomic mass is 16.7. The minimum absolute atomic E-state index is 0.163. The van der Waals surface area contributed by atoms with Gasteiger partial charge in [0.05, 0.1) is 0 Å². The van der Waals surface area contributed by atoms with E-state index in [1.54, 1.807) is 20.8 Å². The van der Waals surface area contributed by atoms with E-state index in [0.29, 0.717) is 0 Å². The van der Waals surface area contributed by atoms with Crippen LogP contribution in [0.2, 0.25) is 0 Å². The van der Waals surface area contributed by atoms with Gasteiger partial charge in [-0.2, -0.15) is 0 Å². The Balaban J connectivity index is 2.72. The number of primary amides is 1. The number of ether oxygens (including phenoxy) is 2. The number of hydrogen-bond acceptors (Lipinski definition) is 4. The largest absolute Gasteiger partial charge is 0.514 e. The molecule has 1 aromatic carbocycles. The summed E-state index contributed by atoms with van der Waals surface area (Å²) in [7, 11) is 0. The molecule has 1 rings (SSSR count). The first-order chi connectivity index (χ1) is 7.78. The Morgan fingerprint density at radius 1 is 1.29 bits per heavy atom. The van der Waals surface area contributed by atoms with Gasteiger partial charge in [0.1, 0.15) is 11.4 Å². The van der Waals surface area contributed by atoms with Crippen molar-refractivity contribution >= 4 is 12.1 Å².